The minimum Gasteiger partial charge on any atom is -0.466 e. The monoisotopic (exact) mass is 298 g/mol. The Labute approximate surface area is 128 Å². The first-order valence-corrected chi connectivity index (χ1v) is 8.40. The Morgan fingerprint density at radius 1 is 1.10 bits per heavy atom. The van der Waals surface area contributed by atoms with Gasteiger partial charge in [-0.1, -0.05) is 51.9 Å². The smallest absolute Gasteiger partial charge is 0.307 e. The number of amides is 1. The number of carbonyl (C=O) groups excluding carboxylic acids is 2. The largest absolute Gasteiger partial charge is 0.466 e. The van der Waals surface area contributed by atoms with Crippen molar-refractivity contribution in [2.75, 3.05) is 19.7 Å². The van der Waals surface area contributed by atoms with Gasteiger partial charge in [0, 0.05) is 13.1 Å². The van der Waals surface area contributed by atoms with Gasteiger partial charge in [0.1, 0.15) is 0 Å². The van der Waals surface area contributed by atoms with Crippen LogP contribution in [0.3, 0.4) is 0 Å². The van der Waals surface area contributed by atoms with E-state index < -0.39 is 6.04 Å². The summed E-state index contributed by atoms with van der Waals surface area (Å²) in [5.41, 5.74) is 0. The van der Waals surface area contributed by atoms with E-state index in [1.807, 2.05) is 0 Å². The molecule has 2 N–H and O–H groups in total. The van der Waals surface area contributed by atoms with Crippen molar-refractivity contribution in [2.24, 2.45) is 0 Å². The molecule has 5 heteroatoms. The van der Waals surface area contributed by atoms with Gasteiger partial charge in [-0.05, 0) is 6.42 Å². The van der Waals surface area contributed by atoms with Crippen LogP contribution in [0.2, 0.25) is 0 Å². The minimum atomic E-state index is -0.426. The predicted molar refractivity (Wildman–Crippen MR) is 83.0 cm³/mol. The highest BCUT2D eigenvalue weighted by molar-refractivity contribution is 5.87. The Bertz CT molecular complexity index is 308. The van der Waals surface area contributed by atoms with Crippen LogP contribution in [0.1, 0.15) is 64.7 Å². The van der Waals surface area contributed by atoms with Crippen molar-refractivity contribution in [3.63, 3.8) is 0 Å². The molecule has 1 amide bonds. The summed E-state index contributed by atoms with van der Waals surface area (Å²) in [4.78, 5) is 23.1. The second-order valence-electron chi connectivity index (χ2n) is 5.70. The molecule has 1 fully saturated rings. The second kappa shape index (κ2) is 11.5. The third kappa shape index (κ3) is 8.71. The van der Waals surface area contributed by atoms with Crippen molar-refractivity contribution in [1.82, 2.24) is 10.6 Å². The third-order valence-electron chi connectivity index (χ3n) is 3.76. The first-order chi connectivity index (χ1) is 10.2. The molecule has 0 aliphatic carbocycles. The van der Waals surface area contributed by atoms with Gasteiger partial charge in [0.25, 0.3) is 0 Å². The molecule has 1 saturated heterocycles. The van der Waals surface area contributed by atoms with Crippen molar-refractivity contribution < 1.29 is 14.3 Å². The molecule has 0 spiro atoms. The Hall–Kier alpha value is -1.10. The van der Waals surface area contributed by atoms with Crippen LogP contribution in [0.5, 0.6) is 0 Å². The van der Waals surface area contributed by atoms with Gasteiger partial charge in [-0.3, -0.25) is 9.59 Å². The molecule has 0 aromatic carbocycles. The topological polar surface area (TPSA) is 67.4 Å². The number of hydrogen-bond acceptors (Lipinski definition) is 4. The molecular weight excluding hydrogens is 268 g/mol. The fourth-order valence-electron chi connectivity index (χ4n) is 2.46. The highest BCUT2D eigenvalue weighted by Crippen LogP contribution is 2.08. The first-order valence-electron chi connectivity index (χ1n) is 8.40. The Morgan fingerprint density at radius 3 is 2.43 bits per heavy atom. The summed E-state index contributed by atoms with van der Waals surface area (Å²) in [6.45, 7) is 4.04. The number of rotatable bonds is 11. The predicted octanol–water partition coefficient (Wildman–Crippen LogP) is 2.15. The second-order valence-corrected chi connectivity index (χ2v) is 5.70. The van der Waals surface area contributed by atoms with Crippen molar-refractivity contribution in [3.8, 4) is 0 Å². The summed E-state index contributed by atoms with van der Waals surface area (Å²) in [5, 5.41) is 5.76. The minimum absolute atomic E-state index is 0.106. The van der Waals surface area contributed by atoms with Crippen LogP contribution in [0, 0.1) is 0 Å². The fourth-order valence-corrected chi connectivity index (χ4v) is 2.46. The van der Waals surface area contributed by atoms with E-state index in [0.29, 0.717) is 19.7 Å². The van der Waals surface area contributed by atoms with Crippen LogP contribution in [-0.4, -0.2) is 37.6 Å². The maximum atomic E-state index is 11.6. The number of piperazine rings is 1. The number of esters is 1. The number of nitrogens with one attached hydrogen (secondary N) is 2. The quantitative estimate of drug-likeness (QED) is 0.453. The van der Waals surface area contributed by atoms with Gasteiger partial charge in [0.2, 0.25) is 5.91 Å². The van der Waals surface area contributed by atoms with Gasteiger partial charge in [0.05, 0.1) is 19.1 Å². The van der Waals surface area contributed by atoms with Gasteiger partial charge < -0.3 is 15.4 Å². The molecule has 1 aliphatic heterocycles. The summed E-state index contributed by atoms with van der Waals surface area (Å²) in [6, 6.07) is -0.426. The SMILES string of the molecule is CCCCCCCCCCOC(=O)C[C@@H]1NCCNC1=O. The van der Waals surface area contributed by atoms with E-state index in [2.05, 4.69) is 17.6 Å². The average molecular weight is 298 g/mol. The maximum absolute atomic E-state index is 11.6. The average Bonchev–Trinajstić information content (AvgIpc) is 2.48. The Balaban J connectivity index is 1.92. The van der Waals surface area contributed by atoms with Gasteiger partial charge in [-0.15, -0.1) is 0 Å². The highest BCUT2D eigenvalue weighted by atomic mass is 16.5. The molecule has 1 atom stereocenters. The summed E-state index contributed by atoms with van der Waals surface area (Å²) < 4.78 is 5.18. The fraction of sp³-hybridized carbons (Fsp3) is 0.875. The molecule has 0 bridgehead atoms. The molecule has 1 heterocycles. The van der Waals surface area contributed by atoms with Crippen LogP contribution in [0.4, 0.5) is 0 Å². The maximum Gasteiger partial charge on any atom is 0.307 e. The molecule has 0 unspecified atom stereocenters. The summed E-state index contributed by atoms with van der Waals surface area (Å²) in [6.07, 6.45) is 9.92. The lowest BCUT2D eigenvalue weighted by atomic mass is 10.1. The van der Waals surface area contributed by atoms with E-state index >= 15 is 0 Å². The number of unbranched alkanes of at least 4 members (excludes halogenated alkanes) is 7. The van der Waals surface area contributed by atoms with Gasteiger partial charge in [0.15, 0.2) is 0 Å². The van der Waals surface area contributed by atoms with E-state index in [0.717, 1.165) is 12.8 Å². The highest BCUT2D eigenvalue weighted by Gasteiger charge is 2.24. The zero-order chi connectivity index (χ0) is 15.3. The van der Waals surface area contributed by atoms with Gasteiger partial charge in [-0.2, -0.15) is 0 Å². The van der Waals surface area contributed by atoms with Crippen molar-refractivity contribution in [2.45, 2.75) is 70.8 Å². The molecular formula is C16H30N2O3. The summed E-state index contributed by atoms with van der Waals surface area (Å²) in [5.74, 6) is -0.391. The molecule has 0 aromatic heterocycles. The lowest BCUT2D eigenvalue weighted by Crippen LogP contribution is -2.53. The zero-order valence-corrected chi connectivity index (χ0v) is 13.3. The number of ether oxygens (including phenoxy) is 1. The van der Waals surface area contributed by atoms with E-state index in [1.54, 1.807) is 0 Å². The van der Waals surface area contributed by atoms with Crippen LogP contribution in [-0.2, 0) is 14.3 Å². The molecule has 0 saturated carbocycles. The van der Waals surface area contributed by atoms with Crippen LogP contribution < -0.4 is 10.6 Å². The molecule has 0 aromatic rings. The normalized spacial score (nSPS) is 18.3. The van der Waals surface area contributed by atoms with Crippen LogP contribution >= 0.6 is 0 Å². The van der Waals surface area contributed by atoms with E-state index in [9.17, 15) is 9.59 Å². The van der Waals surface area contributed by atoms with Crippen LogP contribution in [0.15, 0.2) is 0 Å². The van der Waals surface area contributed by atoms with Crippen molar-refractivity contribution in [3.05, 3.63) is 0 Å². The summed E-state index contributed by atoms with van der Waals surface area (Å²) >= 11 is 0. The molecule has 1 rings (SSSR count). The van der Waals surface area contributed by atoms with E-state index in [4.69, 9.17) is 4.74 Å². The molecule has 0 radical (unpaired) electrons. The standard InChI is InChI=1S/C16H30N2O3/c1-2-3-4-5-6-7-8-9-12-21-15(19)13-14-16(20)18-11-10-17-14/h14,17H,2-13H2,1H3,(H,18,20)/t14-/m0/s1. The Morgan fingerprint density at radius 2 is 1.76 bits per heavy atom. The van der Waals surface area contributed by atoms with Gasteiger partial charge in [-0.25, -0.2) is 0 Å². The number of carbonyl (C=O) groups is 2. The van der Waals surface area contributed by atoms with Crippen molar-refractivity contribution >= 4 is 11.9 Å². The molecule has 1 aliphatic rings. The van der Waals surface area contributed by atoms with Crippen LogP contribution in [0.25, 0.3) is 0 Å². The molecule has 21 heavy (non-hydrogen) atoms. The lowest BCUT2D eigenvalue weighted by Gasteiger charge is -2.22. The molecule has 122 valence electrons. The van der Waals surface area contributed by atoms with E-state index in [-0.39, 0.29) is 18.3 Å². The Kier molecular flexibility index (Phi) is 9.87. The summed E-state index contributed by atoms with van der Waals surface area (Å²) in [7, 11) is 0. The zero-order valence-electron chi connectivity index (χ0n) is 13.3. The van der Waals surface area contributed by atoms with Gasteiger partial charge >= 0.3 is 5.97 Å². The molecule has 5 nitrogen and oxygen atoms in total. The third-order valence-corrected chi connectivity index (χ3v) is 3.76. The lowest BCUT2D eigenvalue weighted by molar-refractivity contribution is -0.146. The number of hydrogen-bond donors (Lipinski definition) is 2. The van der Waals surface area contributed by atoms with E-state index in [1.165, 1.54) is 38.5 Å². The van der Waals surface area contributed by atoms with Crippen molar-refractivity contribution in [1.29, 1.82) is 0 Å². The first kappa shape index (κ1) is 18.0.